The van der Waals surface area contributed by atoms with E-state index in [1.54, 1.807) is 12.1 Å². The monoisotopic (exact) mass is 434 g/mol. The van der Waals surface area contributed by atoms with Gasteiger partial charge < -0.3 is 14.7 Å². The molecule has 2 aliphatic heterocycles. The van der Waals surface area contributed by atoms with Gasteiger partial charge in [0.05, 0.1) is 23.5 Å². The lowest BCUT2D eigenvalue weighted by Crippen LogP contribution is -2.62. The molecule has 0 aliphatic carbocycles. The minimum Gasteiger partial charge on any atom is -0.477 e. The van der Waals surface area contributed by atoms with E-state index < -0.39 is 10.9 Å². The quantitative estimate of drug-likeness (QED) is 0.260. The number of carbonyl (C=O) groups excluding carboxylic acids is 1. The predicted octanol–water partition coefficient (Wildman–Crippen LogP) is 3.32. The topological polar surface area (TPSA) is 110 Å². The summed E-state index contributed by atoms with van der Waals surface area (Å²) in [5, 5.41) is 20.8. The molecule has 0 radical (unpaired) electrons. The Morgan fingerprint density at radius 2 is 2.00 bits per heavy atom. The lowest BCUT2D eigenvalue weighted by Gasteiger charge is -2.47. The Hall–Kier alpha value is -2.39. The fourth-order valence-electron chi connectivity index (χ4n) is 4.31. The molecule has 2 aliphatic rings. The summed E-state index contributed by atoms with van der Waals surface area (Å²) < 4.78 is 5.39. The highest BCUT2D eigenvalue weighted by Crippen LogP contribution is 2.52. The van der Waals surface area contributed by atoms with Gasteiger partial charge in [0.2, 0.25) is 5.91 Å². The predicted molar refractivity (Wildman–Crippen MR) is 113 cm³/mol. The Kier molecular flexibility index (Phi) is 6.82. The van der Waals surface area contributed by atoms with E-state index in [1.807, 2.05) is 20.8 Å². The van der Waals surface area contributed by atoms with Crippen molar-refractivity contribution in [2.75, 3.05) is 19.0 Å². The standard InChI is InChI=1S/C21H26N2O6S/c1-4-29-9-10-30-19-15(11-13-5-7-14(8-6-13)23(27)28)17-16(12(2)3)20(24)22(17)18(19)21(25)26/h5-8,12,15-17H,4,9-11H2,1-3H3,(H,25,26). The van der Waals surface area contributed by atoms with Crippen molar-refractivity contribution in [3.63, 3.8) is 0 Å². The molecule has 1 aromatic carbocycles. The summed E-state index contributed by atoms with van der Waals surface area (Å²) in [6.45, 7) is 6.93. The molecule has 1 fully saturated rings. The number of hydrogen-bond donors (Lipinski definition) is 1. The van der Waals surface area contributed by atoms with E-state index in [2.05, 4.69) is 0 Å². The highest BCUT2D eigenvalue weighted by atomic mass is 32.2. The number of thioether (sulfide) groups is 1. The minimum atomic E-state index is -1.10. The lowest BCUT2D eigenvalue weighted by atomic mass is 9.73. The Balaban J connectivity index is 1.92. The van der Waals surface area contributed by atoms with Gasteiger partial charge in [-0.2, -0.15) is 0 Å². The smallest absolute Gasteiger partial charge is 0.353 e. The fraction of sp³-hybridized carbons (Fsp3) is 0.524. The maximum absolute atomic E-state index is 12.8. The second kappa shape index (κ2) is 9.18. The third kappa shape index (κ3) is 4.09. The van der Waals surface area contributed by atoms with Gasteiger partial charge in [-0.25, -0.2) is 4.79 Å². The molecule has 1 saturated heterocycles. The third-order valence-corrected chi connectivity index (χ3v) is 6.80. The van der Waals surface area contributed by atoms with Crippen molar-refractivity contribution < 1.29 is 24.4 Å². The van der Waals surface area contributed by atoms with Gasteiger partial charge >= 0.3 is 5.97 Å². The zero-order chi connectivity index (χ0) is 22.0. The van der Waals surface area contributed by atoms with Crippen LogP contribution in [0.4, 0.5) is 5.69 Å². The number of β-lactam (4-membered cyclic amide) rings is 1. The van der Waals surface area contributed by atoms with E-state index in [9.17, 15) is 24.8 Å². The molecule has 8 nitrogen and oxygen atoms in total. The Bertz CT molecular complexity index is 867. The second-order valence-corrected chi connectivity index (χ2v) is 8.90. The van der Waals surface area contributed by atoms with Crippen LogP contribution in [0.3, 0.4) is 0 Å². The number of hydrogen-bond acceptors (Lipinski definition) is 6. The summed E-state index contributed by atoms with van der Waals surface area (Å²) in [6.07, 6.45) is 0.517. The average molecular weight is 435 g/mol. The number of nitro groups is 1. The van der Waals surface area contributed by atoms with Crippen LogP contribution in [0.2, 0.25) is 0 Å². The normalized spacial score (nSPS) is 23.0. The van der Waals surface area contributed by atoms with Gasteiger partial charge in [0, 0.05) is 35.3 Å². The molecule has 162 valence electrons. The van der Waals surface area contributed by atoms with E-state index in [0.29, 0.717) is 30.3 Å². The number of nitrogens with zero attached hydrogens (tertiary/aromatic N) is 2. The van der Waals surface area contributed by atoms with Crippen LogP contribution in [0.25, 0.3) is 0 Å². The summed E-state index contributed by atoms with van der Waals surface area (Å²) in [5.74, 6) is -0.928. The molecule has 2 heterocycles. The van der Waals surface area contributed by atoms with Crippen LogP contribution in [-0.2, 0) is 20.7 Å². The lowest BCUT2D eigenvalue weighted by molar-refractivity contribution is -0.384. The summed E-state index contributed by atoms with van der Waals surface area (Å²) in [4.78, 5) is 37.4. The van der Waals surface area contributed by atoms with Crippen molar-refractivity contribution in [3.05, 3.63) is 50.5 Å². The molecule has 1 aromatic rings. The first-order chi connectivity index (χ1) is 14.3. The molecule has 0 saturated carbocycles. The number of fused-ring (bicyclic) bond motifs is 1. The van der Waals surface area contributed by atoms with Gasteiger partial charge in [0.25, 0.3) is 5.69 Å². The highest BCUT2D eigenvalue weighted by Gasteiger charge is 2.60. The van der Waals surface area contributed by atoms with Crippen molar-refractivity contribution in [2.24, 2.45) is 17.8 Å². The van der Waals surface area contributed by atoms with Gasteiger partial charge in [-0.1, -0.05) is 26.0 Å². The van der Waals surface area contributed by atoms with Gasteiger partial charge in [0.15, 0.2) is 0 Å². The Morgan fingerprint density at radius 1 is 1.33 bits per heavy atom. The summed E-state index contributed by atoms with van der Waals surface area (Å²) in [7, 11) is 0. The van der Waals surface area contributed by atoms with Crippen molar-refractivity contribution in [3.8, 4) is 0 Å². The second-order valence-electron chi connectivity index (χ2n) is 7.77. The first kappa shape index (κ1) is 22.3. The average Bonchev–Trinajstić information content (AvgIpc) is 2.95. The van der Waals surface area contributed by atoms with E-state index in [4.69, 9.17) is 4.74 Å². The van der Waals surface area contributed by atoms with Gasteiger partial charge in [0.1, 0.15) is 5.70 Å². The van der Waals surface area contributed by atoms with E-state index in [-0.39, 0.29) is 41.1 Å². The molecule has 9 heteroatoms. The highest BCUT2D eigenvalue weighted by molar-refractivity contribution is 8.03. The first-order valence-corrected chi connectivity index (χ1v) is 11.0. The van der Waals surface area contributed by atoms with Crippen LogP contribution in [-0.4, -0.2) is 51.8 Å². The zero-order valence-electron chi connectivity index (χ0n) is 17.2. The molecule has 1 amide bonds. The molecule has 0 bridgehead atoms. The number of amides is 1. The molecule has 3 atom stereocenters. The number of non-ortho nitro benzene ring substituents is 1. The van der Waals surface area contributed by atoms with E-state index in [1.165, 1.54) is 28.8 Å². The number of ether oxygens (including phenoxy) is 1. The Labute approximate surface area is 179 Å². The number of carbonyl (C=O) groups is 2. The largest absolute Gasteiger partial charge is 0.477 e. The summed E-state index contributed by atoms with van der Waals surface area (Å²) in [5.41, 5.74) is 0.969. The van der Waals surface area contributed by atoms with Crippen molar-refractivity contribution in [1.82, 2.24) is 4.90 Å². The fourth-order valence-corrected chi connectivity index (χ4v) is 5.49. The SMILES string of the molecule is CCOCCSC1=C(C(=O)O)N2C(=O)C(C(C)C)C2C1Cc1ccc([N+](=O)[O-])cc1. The molecule has 30 heavy (non-hydrogen) atoms. The van der Waals surface area contributed by atoms with Gasteiger partial charge in [-0.05, 0) is 24.8 Å². The van der Waals surface area contributed by atoms with E-state index >= 15 is 0 Å². The van der Waals surface area contributed by atoms with Crippen LogP contribution in [0.5, 0.6) is 0 Å². The van der Waals surface area contributed by atoms with Crippen LogP contribution in [0.15, 0.2) is 34.9 Å². The number of carboxylic acids is 1. The van der Waals surface area contributed by atoms with Crippen LogP contribution >= 0.6 is 11.8 Å². The van der Waals surface area contributed by atoms with Crippen molar-refractivity contribution in [1.29, 1.82) is 0 Å². The number of carboxylic acid groups (broad SMARTS) is 1. The van der Waals surface area contributed by atoms with Crippen molar-refractivity contribution in [2.45, 2.75) is 33.2 Å². The molecule has 0 spiro atoms. The zero-order valence-corrected chi connectivity index (χ0v) is 18.1. The van der Waals surface area contributed by atoms with Crippen LogP contribution in [0, 0.1) is 27.9 Å². The van der Waals surface area contributed by atoms with Crippen molar-refractivity contribution >= 4 is 29.3 Å². The van der Waals surface area contributed by atoms with Crippen LogP contribution < -0.4 is 0 Å². The minimum absolute atomic E-state index is 0.0127. The third-order valence-electron chi connectivity index (χ3n) is 5.62. The maximum atomic E-state index is 12.8. The molecule has 0 aromatic heterocycles. The summed E-state index contributed by atoms with van der Waals surface area (Å²) >= 11 is 1.43. The number of nitro benzene ring substituents is 1. The van der Waals surface area contributed by atoms with E-state index in [0.717, 1.165) is 5.56 Å². The van der Waals surface area contributed by atoms with Crippen LogP contribution in [0.1, 0.15) is 26.3 Å². The molecule has 1 N–H and O–H groups in total. The van der Waals surface area contributed by atoms with Gasteiger partial charge in [-0.15, -0.1) is 11.8 Å². The Morgan fingerprint density at radius 3 is 2.53 bits per heavy atom. The molecular weight excluding hydrogens is 408 g/mol. The summed E-state index contributed by atoms with van der Waals surface area (Å²) in [6, 6.07) is 6.12. The molecule has 3 unspecified atom stereocenters. The van der Waals surface area contributed by atoms with Gasteiger partial charge in [-0.3, -0.25) is 14.9 Å². The number of benzene rings is 1. The maximum Gasteiger partial charge on any atom is 0.353 e. The first-order valence-electron chi connectivity index (χ1n) is 10.0. The molecule has 3 rings (SSSR count). The number of rotatable bonds is 10. The molecular formula is C21H26N2O6S. The number of aliphatic carboxylic acids is 1.